The molecule has 0 saturated carbocycles. The Hall–Kier alpha value is -1.90. The van der Waals surface area contributed by atoms with Crippen molar-refractivity contribution in [2.75, 3.05) is 6.61 Å². The molecule has 0 saturated heterocycles. The monoisotopic (exact) mass is 216 g/mol. The molecular weight excluding hydrogens is 202 g/mol. The minimum absolute atomic E-state index is 0.274. The molecule has 0 spiro atoms. The SMILES string of the molecule is CCOC(=O)c1cc2ccccc2[n+](C)c1. The topological polar surface area (TPSA) is 30.2 Å². The van der Waals surface area contributed by atoms with Gasteiger partial charge in [0.2, 0.25) is 5.52 Å². The van der Waals surface area contributed by atoms with Gasteiger partial charge in [-0.2, -0.15) is 0 Å². The molecule has 0 atom stereocenters. The third kappa shape index (κ3) is 1.89. The molecule has 3 nitrogen and oxygen atoms in total. The zero-order chi connectivity index (χ0) is 11.5. The summed E-state index contributed by atoms with van der Waals surface area (Å²) < 4.78 is 6.91. The minimum Gasteiger partial charge on any atom is -0.462 e. The number of aromatic nitrogens is 1. The van der Waals surface area contributed by atoms with Gasteiger partial charge in [-0.05, 0) is 19.1 Å². The molecule has 0 unspecified atom stereocenters. The predicted octanol–water partition coefficient (Wildman–Crippen LogP) is 1.84. The van der Waals surface area contributed by atoms with Gasteiger partial charge < -0.3 is 4.74 Å². The number of para-hydroxylation sites is 1. The number of benzene rings is 1. The fourth-order valence-electron chi connectivity index (χ4n) is 1.74. The maximum absolute atomic E-state index is 11.6. The van der Waals surface area contributed by atoms with Crippen LogP contribution in [0.5, 0.6) is 0 Å². The summed E-state index contributed by atoms with van der Waals surface area (Å²) in [6, 6.07) is 9.79. The maximum atomic E-state index is 11.6. The Bertz CT molecular complexity index is 534. The number of esters is 1. The standard InChI is InChI=1S/C13H14NO2/c1-3-16-13(15)11-8-10-6-4-5-7-12(10)14(2)9-11/h4-9H,3H2,1-2H3/q+1. The third-order valence-corrected chi connectivity index (χ3v) is 2.47. The van der Waals surface area contributed by atoms with Gasteiger partial charge in [0.25, 0.3) is 0 Å². The lowest BCUT2D eigenvalue weighted by molar-refractivity contribution is -0.645. The summed E-state index contributed by atoms with van der Waals surface area (Å²) in [4.78, 5) is 11.6. The highest BCUT2D eigenvalue weighted by atomic mass is 16.5. The fraction of sp³-hybridized carbons (Fsp3) is 0.231. The van der Waals surface area contributed by atoms with Crippen LogP contribution in [0.3, 0.4) is 0 Å². The molecule has 0 fully saturated rings. The van der Waals surface area contributed by atoms with E-state index in [0.717, 1.165) is 10.9 Å². The predicted molar refractivity (Wildman–Crippen MR) is 61.1 cm³/mol. The lowest BCUT2D eigenvalue weighted by Gasteiger charge is -2.02. The first-order valence-electron chi connectivity index (χ1n) is 5.28. The van der Waals surface area contributed by atoms with Crippen LogP contribution >= 0.6 is 0 Å². The van der Waals surface area contributed by atoms with Gasteiger partial charge in [-0.1, -0.05) is 12.1 Å². The summed E-state index contributed by atoms with van der Waals surface area (Å²) in [5, 5.41) is 1.04. The van der Waals surface area contributed by atoms with Gasteiger partial charge in [0.1, 0.15) is 12.6 Å². The quantitative estimate of drug-likeness (QED) is 0.566. The van der Waals surface area contributed by atoms with Crippen molar-refractivity contribution in [3.63, 3.8) is 0 Å². The molecule has 16 heavy (non-hydrogen) atoms. The van der Waals surface area contributed by atoms with Crippen molar-refractivity contribution in [3.05, 3.63) is 42.1 Å². The van der Waals surface area contributed by atoms with Gasteiger partial charge in [-0.25, -0.2) is 9.36 Å². The highest BCUT2D eigenvalue weighted by Gasteiger charge is 2.13. The second-order valence-electron chi connectivity index (χ2n) is 3.62. The van der Waals surface area contributed by atoms with E-state index in [4.69, 9.17) is 4.74 Å². The number of aryl methyl sites for hydroxylation is 1. The normalized spacial score (nSPS) is 10.4. The highest BCUT2D eigenvalue weighted by molar-refractivity contribution is 5.92. The van der Waals surface area contributed by atoms with Crippen LogP contribution in [-0.4, -0.2) is 12.6 Å². The van der Waals surface area contributed by atoms with Gasteiger partial charge in [-0.3, -0.25) is 0 Å². The molecule has 1 heterocycles. The average molecular weight is 216 g/mol. The van der Waals surface area contributed by atoms with Crippen molar-refractivity contribution >= 4 is 16.9 Å². The van der Waals surface area contributed by atoms with Crippen molar-refractivity contribution < 1.29 is 14.1 Å². The van der Waals surface area contributed by atoms with Crippen LogP contribution in [0.15, 0.2) is 36.5 Å². The van der Waals surface area contributed by atoms with E-state index in [2.05, 4.69) is 0 Å². The fourth-order valence-corrected chi connectivity index (χ4v) is 1.74. The van der Waals surface area contributed by atoms with Crippen molar-refractivity contribution in [1.29, 1.82) is 0 Å². The van der Waals surface area contributed by atoms with Crippen molar-refractivity contribution in [3.8, 4) is 0 Å². The van der Waals surface area contributed by atoms with Crippen molar-refractivity contribution in [2.45, 2.75) is 6.92 Å². The molecular formula is C13H14NO2+. The minimum atomic E-state index is -0.274. The van der Waals surface area contributed by atoms with Gasteiger partial charge in [-0.15, -0.1) is 0 Å². The van der Waals surface area contributed by atoms with Crippen LogP contribution in [-0.2, 0) is 11.8 Å². The summed E-state index contributed by atoms with van der Waals surface area (Å²) in [5.41, 5.74) is 1.68. The Labute approximate surface area is 94.3 Å². The number of nitrogens with zero attached hydrogens (tertiary/aromatic N) is 1. The number of hydrogen-bond acceptors (Lipinski definition) is 2. The molecule has 2 aromatic rings. The first-order valence-corrected chi connectivity index (χ1v) is 5.28. The lowest BCUT2D eigenvalue weighted by Crippen LogP contribution is -2.30. The van der Waals surface area contributed by atoms with Gasteiger partial charge in [0.15, 0.2) is 6.20 Å². The van der Waals surface area contributed by atoms with E-state index in [9.17, 15) is 4.79 Å². The van der Waals surface area contributed by atoms with Crippen LogP contribution in [0.4, 0.5) is 0 Å². The summed E-state index contributed by atoms with van der Waals surface area (Å²) in [5.74, 6) is -0.274. The summed E-state index contributed by atoms with van der Waals surface area (Å²) >= 11 is 0. The van der Waals surface area contributed by atoms with E-state index in [0.29, 0.717) is 12.2 Å². The van der Waals surface area contributed by atoms with Gasteiger partial charge in [0, 0.05) is 11.5 Å². The summed E-state index contributed by atoms with van der Waals surface area (Å²) in [7, 11) is 1.92. The lowest BCUT2D eigenvalue weighted by atomic mass is 10.1. The van der Waals surface area contributed by atoms with Gasteiger partial charge in [0.05, 0.1) is 6.61 Å². The van der Waals surface area contributed by atoms with Crippen LogP contribution in [0.1, 0.15) is 17.3 Å². The van der Waals surface area contributed by atoms with E-state index < -0.39 is 0 Å². The van der Waals surface area contributed by atoms with E-state index in [-0.39, 0.29) is 5.97 Å². The molecule has 82 valence electrons. The maximum Gasteiger partial charge on any atom is 0.344 e. The van der Waals surface area contributed by atoms with E-state index in [1.807, 2.05) is 41.9 Å². The Morgan fingerprint density at radius 3 is 2.88 bits per heavy atom. The van der Waals surface area contributed by atoms with Crippen molar-refractivity contribution in [1.82, 2.24) is 0 Å². The molecule has 0 amide bonds. The molecule has 0 radical (unpaired) electrons. The first-order chi connectivity index (χ1) is 7.72. The van der Waals surface area contributed by atoms with Gasteiger partial charge >= 0.3 is 5.97 Å². The van der Waals surface area contributed by atoms with E-state index in [1.54, 1.807) is 13.1 Å². The van der Waals surface area contributed by atoms with E-state index in [1.165, 1.54) is 0 Å². The molecule has 2 rings (SSSR count). The summed E-state index contributed by atoms with van der Waals surface area (Å²) in [6.45, 7) is 2.20. The molecule has 1 aromatic heterocycles. The second-order valence-corrected chi connectivity index (χ2v) is 3.62. The molecule has 0 aliphatic rings. The average Bonchev–Trinajstić information content (AvgIpc) is 2.29. The number of pyridine rings is 1. The second kappa shape index (κ2) is 4.31. The molecule has 3 heteroatoms. The Kier molecular flexibility index (Phi) is 2.86. The molecule has 1 aromatic carbocycles. The largest absolute Gasteiger partial charge is 0.462 e. The van der Waals surface area contributed by atoms with Crippen LogP contribution in [0.2, 0.25) is 0 Å². The Morgan fingerprint density at radius 2 is 2.12 bits per heavy atom. The Morgan fingerprint density at radius 1 is 1.38 bits per heavy atom. The number of fused-ring (bicyclic) bond motifs is 1. The number of rotatable bonds is 2. The zero-order valence-electron chi connectivity index (χ0n) is 9.43. The molecule has 0 N–H and O–H groups in total. The van der Waals surface area contributed by atoms with Crippen molar-refractivity contribution in [2.24, 2.45) is 7.05 Å². The third-order valence-electron chi connectivity index (χ3n) is 2.47. The number of carbonyl (C=O) groups is 1. The zero-order valence-corrected chi connectivity index (χ0v) is 9.43. The number of carbonyl (C=O) groups excluding carboxylic acids is 1. The number of hydrogen-bond donors (Lipinski definition) is 0. The highest BCUT2D eigenvalue weighted by Crippen LogP contribution is 2.11. The Balaban J connectivity index is 2.53. The van der Waals surface area contributed by atoms with Crippen LogP contribution in [0, 0.1) is 0 Å². The smallest absolute Gasteiger partial charge is 0.344 e. The first kappa shape index (κ1) is 10.6. The molecule has 0 bridgehead atoms. The molecule has 0 aliphatic carbocycles. The molecule has 0 aliphatic heterocycles. The van der Waals surface area contributed by atoms with E-state index >= 15 is 0 Å². The number of ether oxygens (including phenoxy) is 1. The van der Waals surface area contributed by atoms with Crippen LogP contribution < -0.4 is 4.57 Å². The summed E-state index contributed by atoms with van der Waals surface area (Å²) in [6.07, 6.45) is 1.79. The van der Waals surface area contributed by atoms with Crippen LogP contribution in [0.25, 0.3) is 10.9 Å².